The molecule has 0 amide bonds. The summed E-state index contributed by atoms with van der Waals surface area (Å²) in [6.45, 7) is 1.74. The van der Waals surface area contributed by atoms with Crippen molar-refractivity contribution < 1.29 is 18.8 Å². The molecule has 1 aliphatic rings. The number of esters is 1. The SMILES string of the molecule is Cc1ccccc1-c1noc(COC(=O)COc2ccc3c(c2)CCC3)n1. The number of nitrogens with zero attached hydrogens (tertiary/aromatic N) is 2. The Bertz CT molecular complexity index is 964. The Morgan fingerprint density at radius 3 is 2.89 bits per heavy atom. The Morgan fingerprint density at radius 2 is 2.00 bits per heavy atom. The first-order chi connectivity index (χ1) is 13.2. The zero-order chi connectivity index (χ0) is 18.6. The summed E-state index contributed by atoms with van der Waals surface area (Å²) in [7, 11) is 0. The maximum absolute atomic E-state index is 11.9. The molecule has 6 heteroatoms. The van der Waals surface area contributed by atoms with Crippen LogP contribution in [0.2, 0.25) is 0 Å². The highest BCUT2D eigenvalue weighted by atomic mass is 16.6. The number of aryl methyl sites for hydroxylation is 3. The van der Waals surface area contributed by atoms with E-state index >= 15 is 0 Å². The maximum atomic E-state index is 11.9. The van der Waals surface area contributed by atoms with Gasteiger partial charge in [-0.2, -0.15) is 4.98 Å². The molecule has 3 aromatic rings. The van der Waals surface area contributed by atoms with Gasteiger partial charge >= 0.3 is 5.97 Å². The second-order valence-corrected chi connectivity index (χ2v) is 6.56. The number of carbonyl (C=O) groups is 1. The molecule has 0 aliphatic heterocycles. The molecule has 1 heterocycles. The summed E-state index contributed by atoms with van der Waals surface area (Å²) in [5, 5.41) is 3.94. The number of fused-ring (bicyclic) bond motifs is 1. The summed E-state index contributed by atoms with van der Waals surface area (Å²) < 4.78 is 15.9. The number of aromatic nitrogens is 2. The van der Waals surface area contributed by atoms with Crippen LogP contribution >= 0.6 is 0 Å². The first kappa shape index (κ1) is 17.3. The van der Waals surface area contributed by atoms with Gasteiger partial charge < -0.3 is 14.0 Å². The molecular formula is C21H20N2O4. The molecule has 138 valence electrons. The molecule has 0 spiro atoms. The molecule has 0 unspecified atom stereocenters. The zero-order valence-corrected chi connectivity index (χ0v) is 15.1. The lowest BCUT2D eigenvalue weighted by Crippen LogP contribution is -2.15. The molecule has 2 aromatic carbocycles. The lowest BCUT2D eigenvalue weighted by Gasteiger charge is -2.07. The third-order valence-corrected chi connectivity index (χ3v) is 4.64. The van der Waals surface area contributed by atoms with Crippen LogP contribution in [0, 0.1) is 6.92 Å². The number of hydrogen-bond donors (Lipinski definition) is 0. The standard InChI is InChI=1S/C21H20N2O4/c1-14-5-2-3-8-18(14)21-22-19(27-23-21)12-26-20(24)13-25-17-10-9-15-6-4-7-16(15)11-17/h2-3,5,8-11H,4,6-7,12-13H2,1H3. The summed E-state index contributed by atoms with van der Waals surface area (Å²) in [6.07, 6.45) is 3.36. The third kappa shape index (κ3) is 4.00. The average molecular weight is 364 g/mol. The molecule has 0 saturated carbocycles. The fourth-order valence-electron chi connectivity index (χ4n) is 3.21. The van der Waals surface area contributed by atoms with E-state index in [0.717, 1.165) is 24.0 Å². The first-order valence-corrected chi connectivity index (χ1v) is 8.98. The minimum atomic E-state index is -0.480. The van der Waals surface area contributed by atoms with Crippen molar-refractivity contribution in [3.8, 4) is 17.1 Å². The van der Waals surface area contributed by atoms with E-state index in [2.05, 4.69) is 16.2 Å². The molecule has 0 atom stereocenters. The van der Waals surface area contributed by atoms with Crippen molar-refractivity contribution in [1.82, 2.24) is 10.1 Å². The first-order valence-electron chi connectivity index (χ1n) is 8.98. The average Bonchev–Trinajstić information content (AvgIpc) is 3.34. The minimum absolute atomic E-state index is 0.0781. The van der Waals surface area contributed by atoms with Crippen molar-refractivity contribution in [3.63, 3.8) is 0 Å². The van der Waals surface area contributed by atoms with Gasteiger partial charge in [-0.25, -0.2) is 4.79 Å². The van der Waals surface area contributed by atoms with Crippen LogP contribution in [-0.4, -0.2) is 22.7 Å². The van der Waals surface area contributed by atoms with Crippen molar-refractivity contribution in [2.75, 3.05) is 6.61 Å². The van der Waals surface area contributed by atoms with Crippen LogP contribution in [-0.2, 0) is 29.0 Å². The molecule has 0 N–H and O–H groups in total. The topological polar surface area (TPSA) is 74.5 Å². The highest BCUT2D eigenvalue weighted by Crippen LogP contribution is 2.26. The zero-order valence-electron chi connectivity index (χ0n) is 15.1. The second-order valence-electron chi connectivity index (χ2n) is 6.56. The Morgan fingerprint density at radius 1 is 1.15 bits per heavy atom. The summed E-state index contributed by atoms with van der Waals surface area (Å²) >= 11 is 0. The van der Waals surface area contributed by atoms with Crippen molar-refractivity contribution in [2.45, 2.75) is 32.8 Å². The van der Waals surface area contributed by atoms with Crippen LogP contribution < -0.4 is 4.74 Å². The molecule has 4 rings (SSSR count). The van der Waals surface area contributed by atoms with Crippen molar-refractivity contribution >= 4 is 5.97 Å². The number of benzene rings is 2. The van der Waals surface area contributed by atoms with Crippen LogP contribution in [0.15, 0.2) is 47.0 Å². The molecule has 0 radical (unpaired) electrons. The van der Waals surface area contributed by atoms with Gasteiger partial charge in [-0.3, -0.25) is 0 Å². The van der Waals surface area contributed by atoms with Gasteiger partial charge in [0.1, 0.15) is 5.75 Å². The molecule has 1 aromatic heterocycles. The largest absolute Gasteiger partial charge is 0.482 e. The van der Waals surface area contributed by atoms with Crippen LogP contribution in [0.1, 0.15) is 29.0 Å². The lowest BCUT2D eigenvalue weighted by atomic mass is 10.1. The number of rotatable bonds is 6. The van der Waals surface area contributed by atoms with E-state index in [1.54, 1.807) is 0 Å². The molecule has 0 saturated heterocycles. The van der Waals surface area contributed by atoms with Crippen LogP contribution in [0.25, 0.3) is 11.4 Å². The fraction of sp³-hybridized carbons (Fsp3) is 0.286. The van der Waals surface area contributed by atoms with Gasteiger partial charge in [0.25, 0.3) is 5.89 Å². The van der Waals surface area contributed by atoms with Gasteiger partial charge in [-0.15, -0.1) is 0 Å². The van der Waals surface area contributed by atoms with Crippen LogP contribution in [0.5, 0.6) is 5.75 Å². The number of carbonyl (C=O) groups excluding carboxylic acids is 1. The summed E-state index contributed by atoms with van der Waals surface area (Å²) in [6, 6.07) is 13.7. The van der Waals surface area contributed by atoms with Gasteiger partial charge in [0.2, 0.25) is 5.82 Å². The van der Waals surface area contributed by atoms with E-state index in [1.165, 1.54) is 17.5 Å². The smallest absolute Gasteiger partial charge is 0.344 e. The normalized spacial score (nSPS) is 12.6. The van der Waals surface area contributed by atoms with Crippen molar-refractivity contribution in [1.29, 1.82) is 0 Å². The quantitative estimate of drug-likeness (QED) is 0.622. The van der Waals surface area contributed by atoms with Crippen LogP contribution in [0.4, 0.5) is 0 Å². The van der Waals surface area contributed by atoms with Crippen molar-refractivity contribution in [2.24, 2.45) is 0 Å². The Kier molecular flexibility index (Phi) is 4.87. The van der Waals surface area contributed by atoms with E-state index in [4.69, 9.17) is 14.0 Å². The monoisotopic (exact) mass is 364 g/mol. The molecule has 1 aliphatic carbocycles. The second kappa shape index (κ2) is 7.61. The van der Waals surface area contributed by atoms with Gasteiger partial charge in [0.15, 0.2) is 13.2 Å². The third-order valence-electron chi connectivity index (χ3n) is 4.64. The highest BCUT2D eigenvalue weighted by Gasteiger charge is 2.14. The van der Waals surface area contributed by atoms with Gasteiger partial charge in [-0.05, 0) is 55.0 Å². The van der Waals surface area contributed by atoms with Gasteiger partial charge in [0.05, 0.1) is 0 Å². The Balaban J connectivity index is 1.29. The van der Waals surface area contributed by atoms with E-state index < -0.39 is 5.97 Å². The Hall–Kier alpha value is -3.15. The summed E-state index contributed by atoms with van der Waals surface area (Å²) in [5.41, 5.74) is 4.60. The molecule has 27 heavy (non-hydrogen) atoms. The predicted octanol–water partition coefficient (Wildman–Crippen LogP) is 3.66. The predicted molar refractivity (Wildman–Crippen MR) is 98.2 cm³/mol. The minimum Gasteiger partial charge on any atom is -0.482 e. The van der Waals surface area contributed by atoms with Gasteiger partial charge in [-0.1, -0.05) is 35.5 Å². The fourth-order valence-corrected chi connectivity index (χ4v) is 3.21. The molecule has 0 fully saturated rings. The van der Waals surface area contributed by atoms with Gasteiger partial charge in [0, 0.05) is 5.56 Å². The van der Waals surface area contributed by atoms with Crippen LogP contribution in [0.3, 0.4) is 0 Å². The molecule has 0 bridgehead atoms. The number of ether oxygens (including phenoxy) is 2. The van der Waals surface area contributed by atoms with E-state index in [1.807, 2.05) is 43.3 Å². The van der Waals surface area contributed by atoms with E-state index in [9.17, 15) is 4.79 Å². The molecular weight excluding hydrogens is 344 g/mol. The van der Waals surface area contributed by atoms with E-state index in [-0.39, 0.29) is 19.1 Å². The molecule has 6 nitrogen and oxygen atoms in total. The lowest BCUT2D eigenvalue weighted by molar-refractivity contribution is -0.148. The summed E-state index contributed by atoms with van der Waals surface area (Å²) in [4.78, 5) is 16.2. The highest BCUT2D eigenvalue weighted by molar-refractivity contribution is 5.71. The summed E-state index contributed by atoms with van der Waals surface area (Å²) in [5.74, 6) is 0.936. The maximum Gasteiger partial charge on any atom is 0.344 e. The van der Waals surface area contributed by atoms with Crippen molar-refractivity contribution in [3.05, 3.63) is 65.0 Å². The van der Waals surface area contributed by atoms with E-state index in [0.29, 0.717) is 11.6 Å². The number of hydrogen-bond acceptors (Lipinski definition) is 6. The Labute approximate surface area is 157 Å².